The van der Waals surface area contributed by atoms with Gasteiger partial charge >= 0.3 is 6.30 Å². The third kappa shape index (κ3) is 5.16. The maximum Gasteiger partial charge on any atom is 0.487 e. The van der Waals surface area contributed by atoms with E-state index >= 15 is 0 Å². The lowest BCUT2D eigenvalue weighted by Crippen LogP contribution is -2.58. The Hall–Kier alpha value is -2.66. The first kappa shape index (κ1) is 25.4. The lowest BCUT2D eigenvalue weighted by Gasteiger charge is -2.44. The summed E-state index contributed by atoms with van der Waals surface area (Å²) in [6.45, 7) is 4.66. The van der Waals surface area contributed by atoms with Crippen LogP contribution in [-0.2, 0) is 9.59 Å². The fourth-order valence-corrected chi connectivity index (χ4v) is 5.50. The molecule has 35 heavy (non-hydrogen) atoms. The summed E-state index contributed by atoms with van der Waals surface area (Å²) in [4.78, 5) is 32.9. The number of aliphatic imine (C=N–C) groups is 1. The van der Waals surface area contributed by atoms with Crippen molar-refractivity contribution in [3.8, 4) is 0 Å². The first-order valence-corrected chi connectivity index (χ1v) is 12.1. The summed E-state index contributed by atoms with van der Waals surface area (Å²) in [5.74, 6) is -0.231. The highest BCUT2D eigenvalue weighted by atomic mass is 19.4. The van der Waals surface area contributed by atoms with Crippen LogP contribution < -0.4 is 10.6 Å². The van der Waals surface area contributed by atoms with Crippen molar-refractivity contribution in [3.63, 3.8) is 0 Å². The Kier molecular flexibility index (Phi) is 7.37. The van der Waals surface area contributed by atoms with Gasteiger partial charge in [-0.2, -0.15) is 0 Å². The zero-order valence-corrected chi connectivity index (χ0v) is 20.2. The third-order valence-corrected chi connectivity index (χ3v) is 7.58. The number of hydrogen-bond acceptors (Lipinski definition) is 6. The number of para-hydroxylation sites is 1. The van der Waals surface area contributed by atoms with Gasteiger partial charge in [0.15, 0.2) is 0 Å². The molecule has 1 aliphatic carbocycles. The van der Waals surface area contributed by atoms with Gasteiger partial charge in [0, 0.05) is 24.2 Å². The van der Waals surface area contributed by atoms with Crippen LogP contribution in [0.3, 0.4) is 0 Å². The van der Waals surface area contributed by atoms with Gasteiger partial charge in [-0.3, -0.25) is 19.8 Å². The van der Waals surface area contributed by atoms with Gasteiger partial charge < -0.3 is 15.1 Å². The van der Waals surface area contributed by atoms with Crippen LogP contribution in [0.1, 0.15) is 51.3 Å². The number of carbonyl (C=O) groups is 2. The number of likely N-dealkylation sites (tertiary alicyclic amines) is 1. The predicted molar refractivity (Wildman–Crippen MR) is 126 cm³/mol. The van der Waals surface area contributed by atoms with Crippen molar-refractivity contribution in [2.75, 3.05) is 13.6 Å². The summed E-state index contributed by atoms with van der Waals surface area (Å²) in [5, 5.41) is 5.86. The van der Waals surface area contributed by atoms with Crippen LogP contribution in [0.15, 0.2) is 29.3 Å². The quantitative estimate of drug-likeness (QED) is 0.450. The molecule has 2 N–H and O–H groups in total. The van der Waals surface area contributed by atoms with Crippen LogP contribution in [0.25, 0.3) is 0 Å². The van der Waals surface area contributed by atoms with Crippen molar-refractivity contribution >= 4 is 24.3 Å². The molecule has 1 aromatic carbocycles. The standard InChI is InChI=1S/C24H33F3N6O2/c1-15(2)31(3)16-8-9-21(20(12-16)29-14-34)32-11-10-19(23(32)35)30-22-17-6-4-5-7-18(17)28-13-33(22)24(25,26)27/h4-7,13-16,19-22,30H,8-12H2,1-3H3,(H,29,34). The monoisotopic (exact) mass is 494 g/mol. The van der Waals surface area contributed by atoms with Crippen LogP contribution in [0, 0.1) is 0 Å². The Morgan fingerprint density at radius 3 is 2.63 bits per heavy atom. The summed E-state index contributed by atoms with van der Waals surface area (Å²) < 4.78 is 41.3. The number of hydrogen-bond donors (Lipinski definition) is 2. The molecule has 2 aliphatic heterocycles. The fourth-order valence-electron chi connectivity index (χ4n) is 5.50. The fraction of sp³-hybridized carbons (Fsp3) is 0.625. The molecule has 4 rings (SSSR count). The van der Waals surface area contributed by atoms with Gasteiger partial charge in [-0.25, -0.2) is 4.99 Å². The van der Waals surface area contributed by atoms with Crippen LogP contribution in [0.5, 0.6) is 0 Å². The number of halogens is 3. The molecule has 0 bridgehead atoms. The molecule has 1 aromatic rings. The van der Waals surface area contributed by atoms with E-state index in [2.05, 4.69) is 41.4 Å². The number of rotatable bonds is 7. The second-order valence-electron chi connectivity index (χ2n) is 9.81. The number of alkyl halides is 3. The number of nitrogens with zero attached hydrogens (tertiary/aromatic N) is 4. The highest BCUT2D eigenvalue weighted by Crippen LogP contribution is 2.38. The average Bonchev–Trinajstić information content (AvgIpc) is 3.18. The summed E-state index contributed by atoms with van der Waals surface area (Å²) in [7, 11) is 2.06. The molecule has 2 amide bonds. The summed E-state index contributed by atoms with van der Waals surface area (Å²) >= 11 is 0. The SMILES string of the molecule is CC(C)N(C)C1CCC(N2CCC(NC3c4ccccc4N=CN3C(F)(F)F)C2=O)C(NC=O)C1. The largest absolute Gasteiger partial charge is 0.487 e. The van der Waals surface area contributed by atoms with Crippen molar-refractivity contribution in [2.45, 2.75) is 82.2 Å². The lowest BCUT2D eigenvalue weighted by atomic mass is 9.84. The highest BCUT2D eigenvalue weighted by Gasteiger charge is 2.47. The minimum Gasteiger partial charge on any atom is -0.354 e. The predicted octanol–water partition coefficient (Wildman–Crippen LogP) is 2.75. The molecule has 1 saturated carbocycles. The van der Waals surface area contributed by atoms with E-state index in [1.54, 1.807) is 29.2 Å². The van der Waals surface area contributed by atoms with Crippen molar-refractivity contribution in [1.82, 2.24) is 25.3 Å². The van der Waals surface area contributed by atoms with Gasteiger partial charge in [0.1, 0.15) is 6.17 Å². The summed E-state index contributed by atoms with van der Waals surface area (Å²) in [6, 6.07) is 6.11. The lowest BCUT2D eigenvalue weighted by molar-refractivity contribution is -0.232. The topological polar surface area (TPSA) is 80.3 Å². The van der Waals surface area contributed by atoms with Crippen molar-refractivity contribution in [2.24, 2.45) is 4.99 Å². The molecule has 0 aromatic heterocycles. The average molecular weight is 495 g/mol. The summed E-state index contributed by atoms with van der Waals surface area (Å²) in [6.07, 6.45) is -1.76. The molecule has 2 heterocycles. The maximum absolute atomic E-state index is 13.8. The van der Waals surface area contributed by atoms with Crippen molar-refractivity contribution in [1.29, 1.82) is 0 Å². The molecule has 2 fully saturated rings. The van der Waals surface area contributed by atoms with E-state index in [1.165, 1.54) is 0 Å². The number of carbonyl (C=O) groups excluding carboxylic acids is 2. The molecule has 11 heteroatoms. The minimum absolute atomic E-state index is 0.185. The van der Waals surface area contributed by atoms with Crippen molar-refractivity contribution in [3.05, 3.63) is 29.8 Å². The first-order valence-electron chi connectivity index (χ1n) is 12.1. The van der Waals surface area contributed by atoms with Gasteiger partial charge in [0.25, 0.3) is 0 Å². The highest BCUT2D eigenvalue weighted by molar-refractivity contribution is 5.84. The molecule has 192 valence electrons. The third-order valence-electron chi connectivity index (χ3n) is 7.58. The van der Waals surface area contributed by atoms with Crippen LogP contribution in [0.2, 0.25) is 0 Å². The minimum atomic E-state index is -4.66. The molecule has 1 saturated heterocycles. The first-order chi connectivity index (χ1) is 16.6. The maximum atomic E-state index is 13.8. The van der Waals surface area contributed by atoms with E-state index in [0.29, 0.717) is 43.1 Å². The molecule has 5 unspecified atom stereocenters. The van der Waals surface area contributed by atoms with Crippen LogP contribution in [0.4, 0.5) is 18.9 Å². The Bertz CT molecular complexity index is 955. The second-order valence-corrected chi connectivity index (χ2v) is 9.81. The van der Waals surface area contributed by atoms with Gasteiger partial charge in [0.05, 0.1) is 30.2 Å². The second kappa shape index (κ2) is 10.1. The van der Waals surface area contributed by atoms with E-state index in [4.69, 9.17) is 0 Å². The van der Waals surface area contributed by atoms with E-state index in [1.807, 2.05) is 0 Å². The molecular formula is C24H33F3N6O2. The Morgan fingerprint density at radius 2 is 1.94 bits per heavy atom. The molecule has 5 atom stereocenters. The molecule has 8 nitrogen and oxygen atoms in total. The molecular weight excluding hydrogens is 461 g/mol. The van der Waals surface area contributed by atoms with E-state index in [-0.39, 0.29) is 28.9 Å². The number of nitrogens with one attached hydrogen (secondary N) is 2. The Labute approximate surface area is 203 Å². The number of benzene rings is 1. The van der Waals surface area contributed by atoms with Gasteiger partial charge in [-0.15, -0.1) is 13.2 Å². The van der Waals surface area contributed by atoms with Crippen LogP contribution in [-0.4, -0.2) is 83.5 Å². The van der Waals surface area contributed by atoms with Gasteiger partial charge in [-0.1, -0.05) is 18.2 Å². The van der Waals surface area contributed by atoms with E-state index in [9.17, 15) is 22.8 Å². The molecule has 3 aliphatic rings. The Morgan fingerprint density at radius 1 is 1.20 bits per heavy atom. The number of amides is 2. The van der Waals surface area contributed by atoms with Crippen molar-refractivity contribution < 1.29 is 22.8 Å². The smallest absolute Gasteiger partial charge is 0.354 e. The van der Waals surface area contributed by atoms with Gasteiger partial charge in [-0.05, 0) is 52.6 Å². The normalized spacial score (nSPS) is 29.1. The van der Waals surface area contributed by atoms with Gasteiger partial charge in [0.2, 0.25) is 12.3 Å². The number of fused-ring (bicyclic) bond motifs is 1. The van der Waals surface area contributed by atoms with Crippen LogP contribution >= 0.6 is 0 Å². The molecule has 0 radical (unpaired) electrons. The molecule has 0 spiro atoms. The zero-order chi connectivity index (χ0) is 25.3. The van der Waals surface area contributed by atoms with E-state index in [0.717, 1.165) is 19.2 Å². The zero-order valence-electron chi connectivity index (χ0n) is 20.2. The van der Waals surface area contributed by atoms with E-state index < -0.39 is 18.5 Å². The summed E-state index contributed by atoms with van der Waals surface area (Å²) in [5.41, 5.74) is 0.812. The Balaban J connectivity index is 1.50.